The van der Waals surface area contributed by atoms with Crippen molar-refractivity contribution in [3.63, 3.8) is 0 Å². The van der Waals surface area contributed by atoms with E-state index in [1.165, 1.54) is 24.8 Å². The largest absolute Gasteiger partial charge is 0.492 e. The molecule has 0 saturated heterocycles. The van der Waals surface area contributed by atoms with Crippen LogP contribution >= 0.6 is 0 Å². The molecule has 0 saturated carbocycles. The second-order valence-electron chi connectivity index (χ2n) is 4.57. The van der Waals surface area contributed by atoms with Crippen LogP contribution in [0.5, 0.6) is 5.75 Å². The molecular weight excluding hydrogens is 224 g/mol. The molecule has 1 aromatic rings. The van der Waals surface area contributed by atoms with Crippen molar-refractivity contribution in [2.75, 3.05) is 13.2 Å². The maximum atomic E-state index is 5.81. The van der Waals surface area contributed by atoms with Crippen molar-refractivity contribution in [1.82, 2.24) is 10.3 Å². The van der Waals surface area contributed by atoms with Gasteiger partial charge in [0.25, 0.3) is 0 Å². The Kier molecular flexibility index (Phi) is 8.23. The molecule has 3 heteroatoms. The fourth-order valence-electron chi connectivity index (χ4n) is 1.80. The van der Waals surface area contributed by atoms with Gasteiger partial charge in [0, 0.05) is 18.3 Å². The normalized spacial score (nSPS) is 10.6. The number of pyridine rings is 1. The van der Waals surface area contributed by atoms with Gasteiger partial charge in [-0.2, -0.15) is 0 Å². The van der Waals surface area contributed by atoms with Gasteiger partial charge in [-0.25, -0.2) is 0 Å². The third-order valence-electron chi connectivity index (χ3n) is 2.87. The zero-order valence-electron chi connectivity index (χ0n) is 11.7. The van der Waals surface area contributed by atoms with Crippen LogP contribution in [0.1, 0.15) is 51.5 Å². The van der Waals surface area contributed by atoms with Crippen molar-refractivity contribution in [3.8, 4) is 5.75 Å². The molecule has 0 aliphatic heterocycles. The van der Waals surface area contributed by atoms with Crippen LogP contribution in [0.3, 0.4) is 0 Å². The van der Waals surface area contributed by atoms with Gasteiger partial charge in [-0.05, 0) is 25.5 Å². The number of unbranched alkanes of at least 4 members (excludes halogenated alkanes) is 3. The molecule has 0 radical (unpaired) electrons. The molecule has 1 N–H and O–H groups in total. The van der Waals surface area contributed by atoms with Crippen LogP contribution in [0.4, 0.5) is 0 Å². The highest BCUT2D eigenvalue weighted by Crippen LogP contribution is 2.16. The Bertz CT molecular complexity index is 315. The minimum atomic E-state index is 0.798. The number of aromatic nitrogens is 1. The number of nitrogens with zero attached hydrogens (tertiary/aromatic N) is 1. The van der Waals surface area contributed by atoms with Crippen LogP contribution in [0.2, 0.25) is 0 Å². The van der Waals surface area contributed by atoms with Gasteiger partial charge in [-0.1, -0.05) is 33.1 Å². The van der Waals surface area contributed by atoms with E-state index in [9.17, 15) is 0 Å². The topological polar surface area (TPSA) is 34.1 Å². The van der Waals surface area contributed by atoms with Crippen LogP contribution < -0.4 is 10.1 Å². The van der Waals surface area contributed by atoms with E-state index in [4.69, 9.17) is 4.74 Å². The van der Waals surface area contributed by atoms with Crippen molar-refractivity contribution < 1.29 is 4.74 Å². The van der Waals surface area contributed by atoms with Crippen molar-refractivity contribution in [2.24, 2.45) is 0 Å². The Balaban J connectivity index is 2.33. The number of rotatable bonds is 10. The highest BCUT2D eigenvalue weighted by atomic mass is 16.5. The van der Waals surface area contributed by atoms with Crippen molar-refractivity contribution >= 4 is 0 Å². The lowest BCUT2D eigenvalue weighted by Gasteiger charge is -2.11. The Morgan fingerprint density at radius 1 is 1.17 bits per heavy atom. The van der Waals surface area contributed by atoms with E-state index in [1.807, 2.05) is 18.5 Å². The molecule has 1 aromatic heterocycles. The van der Waals surface area contributed by atoms with Gasteiger partial charge < -0.3 is 10.1 Å². The Hall–Kier alpha value is -1.09. The number of ether oxygens (including phenoxy) is 1. The predicted molar refractivity (Wildman–Crippen MR) is 75.9 cm³/mol. The molecule has 0 atom stereocenters. The Morgan fingerprint density at radius 3 is 2.83 bits per heavy atom. The monoisotopic (exact) mass is 250 g/mol. The lowest BCUT2D eigenvalue weighted by Crippen LogP contribution is -2.15. The second-order valence-corrected chi connectivity index (χ2v) is 4.57. The molecule has 0 aliphatic rings. The van der Waals surface area contributed by atoms with E-state index in [1.54, 1.807) is 0 Å². The smallest absolute Gasteiger partial charge is 0.142 e. The highest BCUT2D eigenvalue weighted by Gasteiger charge is 2.02. The molecule has 0 spiro atoms. The summed E-state index contributed by atoms with van der Waals surface area (Å²) in [5.74, 6) is 0.928. The van der Waals surface area contributed by atoms with Crippen LogP contribution in [-0.2, 0) is 6.54 Å². The maximum Gasteiger partial charge on any atom is 0.142 e. The van der Waals surface area contributed by atoms with Crippen LogP contribution in [-0.4, -0.2) is 18.1 Å². The van der Waals surface area contributed by atoms with E-state index in [0.29, 0.717) is 0 Å². The van der Waals surface area contributed by atoms with Crippen LogP contribution in [0.25, 0.3) is 0 Å². The number of hydrogen-bond acceptors (Lipinski definition) is 3. The summed E-state index contributed by atoms with van der Waals surface area (Å²) in [4.78, 5) is 4.14. The average Bonchev–Trinajstić information content (AvgIpc) is 2.40. The summed E-state index contributed by atoms with van der Waals surface area (Å²) in [5.41, 5.74) is 1.20. The predicted octanol–water partition coefficient (Wildman–Crippen LogP) is 3.54. The molecule has 0 aliphatic carbocycles. The maximum absolute atomic E-state index is 5.81. The van der Waals surface area contributed by atoms with Gasteiger partial charge in [0.1, 0.15) is 5.75 Å². The zero-order chi connectivity index (χ0) is 13.1. The van der Waals surface area contributed by atoms with Gasteiger partial charge >= 0.3 is 0 Å². The van der Waals surface area contributed by atoms with E-state index in [-0.39, 0.29) is 0 Å². The number of hydrogen-bond donors (Lipinski definition) is 1. The first-order valence-electron chi connectivity index (χ1n) is 7.14. The van der Waals surface area contributed by atoms with Gasteiger partial charge in [-0.3, -0.25) is 4.98 Å². The van der Waals surface area contributed by atoms with Crippen LogP contribution in [0.15, 0.2) is 18.5 Å². The summed E-state index contributed by atoms with van der Waals surface area (Å²) in [6.45, 7) is 7.09. The Morgan fingerprint density at radius 2 is 2.06 bits per heavy atom. The van der Waals surface area contributed by atoms with Gasteiger partial charge in [0.15, 0.2) is 0 Å². The fraction of sp³-hybridized carbons (Fsp3) is 0.667. The molecule has 18 heavy (non-hydrogen) atoms. The SMILES string of the molecule is CCCCCCOc1cnccc1CNCCC. The fourth-order valence-corrected chi connectivity index (χ4v) is 1.80. The molecule has 102 valence electrons. The first-order valence-corrected chi connectivity index (χ1v) is 7.14. The van der Waals surface area contributed by atoms with E-state index in [0.717, 1.165) is 38.3 Å². The molecule has 0 bridgehead atoms. The number of nitrogens with one attached hydrogen (secondary N) is 1. The molecule has 0 amide bonds. The minimum Gasteiger partial charge on any atom is -0.492 e. The first-order chi connectivity index (χ1) is 8.88. The lowest BCUT2D eigenvalue weighted by atomic mass is 10.2. The van der Waals surface area contributed by atoms with E-state index < -0.39 is 0 Å². The van der Waals surface area contributed by atoms with Gasteiger partial charge in [0.2, 0.25) is 0 Å². The summed E-state index contributed by atoms with van der Waals surface area (Å²) in [5, 5.41) is 3.39. The molecule has 1 heterocycles. The second kappa shape index (κ2) is 9.89. The first kappa shape index (κ1) is 15.0. The molecule has 1 rings (SSSR count). The van der Waals surface area contributed by atoms with Crippen LogP contribution in [0, 0.1) is 0 Å². The van der Waals surface area contributed by atoms with Crippen molar-refractivity contribution in [3.05, 3.63) is 24.0 Å². The lowest BCUT2D eigenvalue weighted by molar-refractivity contribution is 0.300. The third kappa shape index (κ3) is 6.01. The van der Waals surface area contributed by atoms with Crippen molar-refractivity contribution in [1.29, 1.82) is 0 Å². The Labute approximate surface area is 111 Å². The van der Waals surface area contributed by atoms with E-state index >= 15 is 0 Å². The standard InChI is InChI=1S/C15H26N2O/c1-3-5-6-7-11-18-15-13-17-10-8-14(15)12-16-9-4-2/h8,10,13,16H,3-7,9,11-12H2,1-2H3. The molecule has 0 unspecified atom stereocenters. The molecular formula is C15H26N2O. The molecule has 0 aromatic carbocycles. The molecule has 3 nitrogen and oxygen atoms in total. The quantitative estimate of drug-likeness (QED) is 0.645. The summed E-state index contributed by atoms with van der Waals surface area (Å²) in [7, 11) is 0. The van der Waals surface area contributed by atoms with E-state index in [2.05, 4.69) is 24.1 Å². The zero-order valence-corrected chi connectivity index (χ0v) is 11.7. The third-order valence-corrected chi connectivity index (χ3v) is 2.87. The van der Waals surface area contributed by atoms with Crippen molar-refractivity contribution in [2.45, 2.75) is 52.5 Å². The summed E-state index contributed by atoms with van der Waals surface area (Å²) >= 11 is 0. The molecule has 0 fully saturated rings. The summed E-state index contributed by atoms with van der Waals surface area (Å²) < 4.78 is 5.81. The summed E-state index contributed by atoms with van der Waals surface area (Å²) in [6, 6.07) is 2.03. The van der Waals surface area contributed by atoms with Gasteiger partial charge in [-0.15, -0.1) is 0 Å². The average molecular weight is 250 g/mol. The summed E-state index contributed by atoms with van der Waals surface area (Å²) in [6.07, 6.45) is 9.74. The van der Waals surface area contributed by atoms with Gasteiger partial charge in [0.05, 0.1) is 12.8 Å². The highest BCUT2D eigenvalue weighted by molar-refractivity contribution is 5.29. The minimum absolute atomic E-state index is 0.798.